The third-order valence-electron chi connectivity index (χ3n) is 4.84. The highest BCUT2D eigenvalue weighted by atomic mass is 19.1. The van der Waals surface area contributed by atoms with Gasteiger partial charge in [-0.25, -0.2) is 8.78 Å². The van der Waals surface area contributed by atoms with Crippen molar-refractivity contribution >= 4 is 5.78 Å². The van der Waals surface area contributed by atoms with Crippen molar-refractivity contribution in [1.82, 2.24) is 0 Å². The van der Waals surface area contributed by atoms with Gasteiger partial charge in [-0.05, 0) is 30.7 Å². The molecule has 4 rings (SSSR count). The van der Waals surface area contributed by atoms with Crippen molar-refractivity contribution in [2.24, 2.45) is 5.73 Å². The fourth-order valence-corrected chi connectivity index (χ4v) is 3.51. The molecule has 2 N–H and O–H groups in total. The van der Waals surface area contributed by atoms with E-state index in [1.807, 2.05) is 6.07 Å². The van der Waals surface area contributed by atoms with Gasteiger partial charge in [0, 0.05) is 24.5 Å². The summed E-state index contributed by atoms with van der Waals surface area (Å²) in [4.78, 5) is 12.5. The van der Waals surface area contributed by atoms with Crippen molar-refractivity contribution < 1.29 is 27.5 Å². The smallest absolute Gasteiger partial charge is 0.205 e. The zero-order valence-corrected chi connectivity index (χ0v) is 15.2. The van der Waals surface area contributed by atoms with Gasteiger partial charge in [0.2, 0.25) is 5.88 Å². The highest BCUT2D eigenvalue weighted by molar-refractivity contribution is 5.99. The molecule has 0 amide bonds. The fourth-order valence-electron chi connectivity index (χ4n) is 3.51. The van der Waals surface area contributed by atoms with Gasteiger partial charge in [-0.3, -0.25) is 4.79 Å². The summed E-state index contributed by atoms with van der Waals surface area (Å²) in [7, 11) is 0. The maximum atomic E-state index is 13.7. The molecule has 1 aliphatic carbocycles. The number of hydrogen-bond donors (Lipinski definition) is 1. The molecule has 2 heterocycles. The molecule has 1 atom stereocenters. The molecule has 2 aromatic rings. The molecule has 0 bridgehead atoms. The van der Waals surface area contributed by atoms with E-state index in [1.54, 1.807) is 12.1 Å². The molecule has 1 unspecified atom stereocenters. The molecule has 0 saturated heterocycles. The Morgan fingerprint density at radius 2 is 2.07 bits per heavy atom. The predicted octanol–water partition coefficient (Wildman–Crippen LogP) is 3.95. The molecule has 2 aliphatic rings. The monoisotopic (exact) mass is 398 g/mol. The summed E-state index contributed by atoms with van der Waals surface area (Å²) in [5, 5.41) is 9.54. The SMILES string of the molecule is N#CC1=C(N)OC2=C(C(=O)CCC2)C1c1ccc(COc2ccc(F)cc2F)o1. The maximum Gasteiger partial charge on any atom is 0.205 e. The van der Waals surface area contributed by atoms with Crippen molar-refractivity contribution in [2.75, 3.05) is 0 Å². The van der Waals surface area contributed by atoms with E-state index in [4.69, 9.17) is 19.6 Å². The number of nitrogens with two attached hydrogens (primary N) is 1. The number of halogens is 2. The molecule has 0 fully saturated rings. The quantitative estimate of drug-likeness (QED) is 0.837. The van der Waals surface area contributed by atoms with Crippen LogP contribution in [-0.4, -0.2) is 5.78 Å². The predicted molar refractivity (Wildman–Crippen MR) is 95.9 cm³/mol. The molecule has 0 saturated carbocycles. The molecular weight excluding hydrogens is 382 g/mol. The standard InChI is InChI=1S/C21H16F2N2O4/c22-11-4-6-16(14(23)8-11)27-10-12-5-7-18(28-12)19-13(9-24)21(25)29-17-3-1-2-15(26)20(17)19/h4-8,19H,1-3,10,25H2. The number of hydrogen-bond acceptors (Lipinski definition) is 6. The van der Waals surface area contributed by atoms with Crippen LogP contribution in [0.1, 0.15) is 36.7 Å². The van der Waals surface area contributed by atoms with E-state index in [-0.39, 0.29) is 29.6 Å². The normalized spacial score (nSPS) is 18.9. The number of furan rings is 1. The second-order valence-corrected chi connectivity index (χ2v) is 6.71. The number of Topliss-reactive ketones (excluding diaryl/α,β-unsaturated/α-hetero) is 1. The molecule has 1 aromatic heterocycles. The van der Waals surface area contributed by atoms with Crippen LogP contribution in [-0.2, 0) is 16.1 Å². The van der Waals surface area contributed by atoms with Crippen LogP contribution in [0.25, 0.3) is 0 Å². The van der Waals surface area contributed by atoms with Gasteiger partial charge >= 0.3 is 0 Å². The summed E-state index contributed by atoms with van der Waals surface area (Å²) in [6.45, 7) is -0.118. The maximum absolute atomic E-state index is 13.7. The average Bonchev–Trinajstić information content (AvgIpc) is 3.15. The van der Waals surface area contributed by atoms with Crippen LogP contribution in [0.2, 0.25) is 0 Å². The molecule has 1 aromatic carbocycles. The highest BCUT2D eigenvalue weighted by Gasteiger charge is 2.39. The third-order valence-corrected chi connectivity index (χ3v) is 4.84. The van der Waals surface area contributed by atoms with E-state index in [2.05, 4.69) is 0 Å². The molecule has 29 heavy (non-hydrogen) atoms. The number of benzene rings is 1. The Balaban J connectivity index is 1.61. The fraction of sp³-hybridized carbons (Fsp3) is 0.238. The minimum atomic E-state index is -0.828. The van der Waals surface area contributed by atoms with Gasteiger partial charge in [-0.2, -0.15) is 5.26 Å². The van der Waals surface area contributed by atoms with E-state index < -0.39 is 17.6 Å². The van der Waals surface area contributed by atoms with Crippen LogP contribution >= 0.6 is 0 Å². The van der Waals surface area contributed by atoms with Gasteiger partial charge in [-0.1, -0.05) is 0 Å². The molecule has 148 valence electrons. The van der Waals surface area contributed by atoms with Gasteiger partial charge < -0.3 is 19.6 Å². The molecule has 0 spiro atoms. The summed E-state index contributed by atoms with van der Waals surface area (Å²) in [6, 6.07) is 8.21. The Kier molecular flexibility index (Phi) is 4.80. The number of carbonyl (C=O) groups is 1. The summed E-state index contributed by atoms with van der Waals surface area (Å²) in [5.41, 5.74) is 6.38. The number of ketones is 1. The third kappa shape index (κ3) is 3.47. The summed E-state index contributed by atoms with van der Waals surface area (Å²) >= 11 is 0. The van der Waals surface area contributed by atoms with E-state index >= 15 is 0 Å². The van der Waals surface area contributed by atoms with Gasteiger partial charge in [0.1, 0.15) is 41.3 Å². The van der Waals surface area contributed by atoms with E-state index in [1.165, 1.54) is 6.07 Å². The number of allylic oxidation sites excluding steroid dienone is 3. The van der Waals surface area contributed by atoms with Crippen molar-refractivity contribution in [3.05, 3.63) is 76.3 Å². The molecule has 8 heteroatoms. The largest absolute Gasteiger partial charge is 0.483 e. The minimum Gasteiger partial charge on any atom is -0.483 e. The topological polar surface area (TPSA) is 98.5 Å². The lowest BCUT2D eigenvalue weighted by Gasteiger charge is -2.29. The summed E-state index contributed by atoms with van der Waals surface area (Å²) < 4.78 is 43.3. The first-order valence-electron chi connectivity index (χ1n) is 8.98. The highest BCUT2D eigenvalue weighted by Crippen LogP contribution is 2.43. The first kappa shape index (κ1) is 18.7. The van der Waals surface area contributed by atoms with Crippen LogP contribution in [0.4, 0.5) is 8.78 Å². The molecular formula is C21H16F2N2O4. The van der Waals surface area contributed by atoms with Gasteiger partial charge in [0.15, 0.2) is 17.3 Å². The van der Waals surface area contributed by atoms with E-state index in [9.17, 15) is 18.8 Å². The molecule has 1 aliphatic heterocycles. The van der Waals surface area contributed by atoms with Crippen LogP contribution in [0, 0.1) is 23.0 Å². The number of nitriles is 1. The van der Waals surface area contributed by atoms with E-state index in [0.29, 0.717) is 42.1 Å². The van der Waals surface area contributed by atoms with Crippen molar-refractivity contribution in [2.45, 2.75) is 31.8 Å². The Bertz CT molecular complexity index is 1090. The Morgan fingerprint density at radius 1 is 1.24 bits per heavy atom. The molecule has 6 nitrogen and oxygen atoms in total. The van der Waals surface area contributed by atoms with Crippen LogP contribution < -0.4 is 10.5 Å². The Hall–Kier alpha value is -3.60. The first-order valence-corrected chi connectivity index (χ1v) is 8.98. The number of ether oxygens (including phenoxy) is 2. The second kappa shape index (κ2) is 7.43. The Morgan fingerprint density at radius 3 is 2.83 bits per heavy atom. The second-order valence-electron chi connectivity index (χ2n) is 6.71. The lowest BCUT2D eigenvalue weighted by molar-refractivity contribution is -0.116. The number of rotatable bonds is 4. The summed E-state index contributed by atoms with van der Waals surface area (Å²) in [5.74, 6) is -1.42. The minimum absolute atomic E-state index is 0.0477. The summed E-state index contributed by atoms with van der Waals surface area (Å²) in [6.07, 6.45) is 1.56. The lowest BCUT2D eigenvalue weighted by Crippen LogP contribution is -2.27. The Labute approximate surface area is 164 Å². The van der Waals surface area contributed by atoms with Crippen molar-refractivity contribution in [1.29, 1.82) is 5.26 Å². The van der Waals surface area contributed by atoms with Crippen LogP contribution in [0.5, 0.6) is 5.75 Å². The van der Waals surface area contributed by atoms with Crippen LogP contribution in [0.3, 0.4) is 0 Å². The average molecular weight is 398 g/mol. The number of nitrogens with zero attached hydrogens (tertiary/aromatic N) is 1. The zero-order valence-electron chi connectivity index (χ0n) is 15.2. The molecule has 0 radical (unpaired) electrons. The zero-order chi connectivity index (χ0) is 20.5. The lowest BCUT2D eigenvalue weighted by atomic mass is 9.80. The van der Waals surface area contributed by atoms with Gasteiger partial charge in [0.25, 0.3) is 0 Å². The number of carbonyl (C=O) groups excluding carboxylic acids is 1. The van der Waals surface area contributed by atoms with Gasteiger partial charge in [0.05, 0.1) is 5.92 Å². The first-order chi connectivity index (χ1) is 14.0. The van der Waals surface area contributed by atoms with E-state index in [0.717, 1.165) is 12.1 Å². The van der Waals surface area contributed by atoms with Crippen molar-refractivity contribution in [3.8, 4) is 11.8 Å². The van der Waals surface area contributed by atoms with Gasteiger partial charge in [-0.15, -0.1) is 0 Å². The van der Waals surface area contributed by atoms with Crippen LogP contribution in [0.15, 0.2) is 57.5 Å². The van der Waals surface area contributed by atoms with Crippen molar-refractivity contribution in [3.63, 3.8) is 0 Å².